The minimum atomic E-state index is -1.93. The van der Waals surface area contributed by atoms with Crippen molar-refractivity contribution in [3.05, 3.63) is 40.7 Å². The van der Waals surface area contributed by atoms with Crippen molar-refractivity contribution < 1.29 is 28.8 Å². The van der Waals surface area contributed by atoms with Crippen molar-refractivity contribution in [1.29, 1.82) is 0 Å². The highest BCUT2D eigenvalue weighted by atomic mass is 16.6. The fraction of sp³-hybridized carbons (Fsp3) is 0.556. The number of hydrogen-bond acceptors (Lipinski definition) is 6. The second-order valence-electron chi connectivity index (χ2n) is 7.06. The quantitative estimate of drug-likeness (QED) is 0.231. The molecular weight excluding hydrogens is 326 g/mol. The van der Waals surface area contributed by atoms with Crippen molar-refractivity contribution >= 4 is 11.9 Å². The van der Waals surface area contributed by atoms with Gasteiger partial charge in [-0.15, -0.1) is 0 Å². The summed E-state index contributed by atoms with van der Waals surface area (Å²) in [4.78, 5) is 24.8. The van der Waals surface area contributed by atoms with Gasteiger partial charge in [0.1, 0.15) is 6.61 Å². The average molecular weight is 349 g/mol. The Bertz CT molecular complexity index is 692. The van der Waals surface area contributed by atoms with E-state index in [9.17, 15) is 19.9 Å². The lowest BCUT2D eigenvalue weighted by atomic mass is 9.91. The summed E-state index contributed by atoms with van der Waals surface area (Å²) in [6, 6.07) is -0.553. The normalized spacial score (nSPS) is 40.7. The van der Waals surface area contributed by atoms with E-state index in [4.69, 9.17) is 9.47 Å². The van der Waals surface area contributed by atoms with Crippen molar-refractivity contribution in [2.24, 2.45) is 0 Å². The molecule has 7 nitrogen and oxygen atoms in total. The van der Waals surface area contributed by atoms with Gasteiger partial charge in [-0.05, 0) is 25.5 Å². The lowest BCUT2D eigenvalue weighted by Crippen LogP contribution is -2.48. The molecule has 0 radical (unpaired) electrons. The number of allylic oxidation sites excluding steroid dienone is 1. The van der Waals surface area contributed by atoms with Crippen LogP contribution in [0.4, 0.5) is 0 Å². The van der Waals surface area contributed by atoms with E-state index in [2.05, 4.69) is 6.58 Å². The number of esters is 2. The van der Waals surface area contributed by atoms with Gasteiger partial charge in [-0.1, -0.05) is 12.7 Å². The molecule has 0 aromatic rings. The van der Waals surface area contributed by atoms with Crippen LogP contribution in [0.3, 0.4) is 0 Å². The van der Waals surface area contributed by atoms with E-state index in [1.165, 1.54) is 6.92 Å². The van der Waals surface area contributed by atoms with Crippen LogP contribution >= 0.6 is 0 Å². The van der Waals surface area contributed by atoms with Crippen LogP contribution in [0.2, 0.25) is 0 Å². The SMILES string of the molecule is C=C1C/C(=C/C)C(=O)O[C@@H]2CC[N@+]3([O-])CC=C(COC(=O)[C@]1(C)O)[C@H]23. The fourth-order valence-corrected chi connectivity index (χ4v) is 3.69. The second-order valence-corrected chi connectivity index (χ2v) is 7.06. The highest BCUT2D eigenvalue weighted by Gasteiger charge is 2.51. The first-order valence-electron chi connectivity index (χ1n) is 8.40. The Labute approximate surface area is 146 Å². The maximum atomic E-state index is 12.9. The minimum absolute atomic E-state index is 0.00507. The molecule has 3 aliphatic rings. The lowest BCUT2D eigenvalue weighted by Gasteiger charge is -2.40. The average Bonchev–Trinajstić information content (AvgIpc) is 3.05. The summed E-state index contributed by atoms with van der Waals surface area (Å²) in [5, 5.41) is 23.4. The van der Waals surface area contributed by atoms with E-state index in [1.54, 1.807) is 19.1 Å². The standard InChI is InChI=1S/C18H23NO6/c1-4-12-9-11(2)18(3,22)17(21)24-10-13-5-7-19(23)8-6-14(15(13)19)25-16(12)20/h4-5,14-15,22H,2,6-10H2,1,3H3/b12-4-/t14-,15-,18-,19-/m1/s1. The Kier molecular flexibility index (Phi) is 4.35. The summed E-state index contributed by atoms with van der Waals surface area (Å²) in [6.45, 7) is 7.22. The molecule has 1 N–H and O–H groups in total. The molecule has 0 bridgehead atoms. The van der Waals surface area contributed by atoms with E-state index < -0.39 is 34.3 Å². The number of ether oxygens (including phenoxy) is 2. The second kappa shape index (κ2) is 6.09. The molecule has 0 unspecified atom stereocenters. The molecule has 2 saturated heterocycles. The molecule has 3 aliphatic heterocycles. The highest BCUT2D eigenvalue weighted by molar-refractivity contribution is 5.90. The Morgan fingerprint density at radius 3 is 2.88 bits per heavy atom. The number of cyclic esters (lactones) is 1. The van der Waals surface area contributed by atoms with Gasteiger partial charge in [-0.25, -0.2) is 9.59 Å². The number of aliphatic hydroxyl groups is 1. The molecule has 0 aromatic heterocycles. The summed E-state index contributed by atoms with van der Waals surface area (Å²) in [5.41, 5.74) is -0.841. The van der Waals surface area contributed by atoms with E-state index in [-0.39, 0.29) is 30.7 Å². The highest BCUT2D eigenvalue weighted by Crippen LogP contribution is 2.39. The zero-order valence-electron chi connectivity index (χ0n) is 14.5. The maximum absolute atomic E-state index is 12.9. The Hall–Kier alpha value is -1.96. The van der Waals surface area contributed by atoms with Crippen LogP contribution in [0.25, 0.3) is 0 Å². The van der Waals surface area contributed by atoms with Gasteiger partial charge >= 0.3 is 11.9 Å². The first-order chi connectivity index (χ1) is 11.7. The molecule has 0 aromatic carbocycles. The van der Waals surface area contributed by atoms with Crippen molar-refractivity contribution in [3.63, 3.8) is 0 Å². The predicted molar refractivity (Wildman–Crippen MR) is 88.8 cm³/mol. The van der Waals surface area contributed by atoms with Crippen molar-refractivity contribution in [1.82, 2.24) is 0 Å². The molecule has 0 saturated carbocycles. The topological polar surface area (TPSA) is 95.9 Å². The van der Waals surface area contributed by atoms with Gasteiger partial charge in [0.05, 0.1) is 13.1 Å². The number of nitrogens with zero attached hydrogens (tertiary/aromatic N) is 1. The van der Waals surface area contributed by atoms with Gasteiger partial charge in [0.25, 0.3) is 0 Å². The van der Waals surface area contributed by atoms with Gasteiger partial charge in [0.15, 0.2) is 17.7 Å². The molecule has 0 spiro atoms. The Morgan fingerprint density at radius 1 is 1.48 bits per heavy atom. The molecule has 2 fully saturated rings. The number of quaternary nitrogens is 1. The van der Waals surface area contributed by atoms with Crippen LogP contribution in [0.5, 0.6) is 0 Å². The summed E-state index contributed by atoms with van der Waals surface area (Å²) in [7, 11) is 0. The van der Waals surface area contributed by atoms with Gasteiger partial charge in [-0.2, -0.15) is 0 Å². The summed E-state index contributed by atoms with van der Waals surface area (Å²) < 4.78 is 10.4. The molecule has 0 amide bonds. The van der Waals surface area contributed by atoms with E-state index >= 15 is 0 Å². The van der Waals surface area contributed by atoms with E-state index in [1.807, 2.05) is 0 Å². The summed E-state index contributed by atoms with van der Waals surface area (Å²) in [6.07, 6.45) is 3.24. The van der Waals surface area contributed by atoms with Crippen molar-refractivity contribution in [2.45, 2.75) is 44.4 Å². The number of rotatable bonds is 0. The first-order valence-corrected chi connectivity index (χ1v) is 8.40. The van der Waals surface area contributed by atoms with Crippen molar-refractivity contribution in [2.75, 3.05) is 19.7 Å². The van der Waals surface area contributed by atoms with E-state index in [0.29, 0.717) is 18.5 Å². The molecule has 136 valence electrons. The van der Waals surface area contributed by atoms with Gasteiger partial charge in [0.2, 0.25) is 0 Å². The summed E-state index contributed by atoms with van der Waals surface area (Å²) >= 11 is 0. The minimum Gasteiger partial charge on any atom is -0.632 e. The number of hydrogen-bond donors (Lipinski definition) is 1. The van der Waals surface area contributed by atoms with Gasteiger partial charge < -0.3 is 24.4 Å². The predicted octanol–water partition coefficient (Wildman–Crippen LogP) is 1.13. The molecule has 4 atom stereocenters. The summed E-state index contributed by atoms with van der Waals surface area (Å²) in [5.74, 6) is -1.38. The van der Waals surface area contributed by atoms with Crippen LogP contribution in [0.1, 0.15) is 26.7 Å². The van der Waals surface area contributed by atoms with Crippen LogP contribution < -0.4 is 0 Å². The third-order valence-corrected chi connectivity index (χ3v) is 5.42. The maximum Gasteiger partial charge on any atom is 0.342 e. The number of carbonyl (C=O) groups is 2. The third kappa shape index (κ3) is 2.92. The first kappa shape index (κ1) is 17.8. The van der Waals surface area contributed by atoms with Crippen LogP contribution in [0.15, 0.2) is 35.5 Å². The zero-order valence-corrected chi connectivity index (χ0v) is 14.5. The molecule has 3 heterocycles. The Morgan fingerprint density at radius 2 is 2.20 bits per heavy atom. The number of carbonyl (C=O) groups excluding carboxylic acids is 2. The van der Waals surface area contributed by atoms with Gasteiger partial charge in [-0.3, -0.25) is 0 Å². The fourth-order valence-electron chi connectivity index (χ4n) is 3.69. The van der Waals surface area contributed by atoms with E-state index in [0.717, 1.165) is 0 Å². The molecule has 3 rings (SSSR count). The monoisotopic (exact) mass is 349 g/mol. The van der Waals surface area contributed by atoms with Crippen LogP contribution in [0, 0.1) is 5.21 Å². The van der Waals surface area contributed by atoms with Crippen LogP contribution in [-0.4, -0.2) is 59.1 Å². The smallest absolute Gasteiger partial charge is 0.342 e. The molecule has 0 aliphatic carbocycles. The molecule has 7 heteroatoms. The largest absolute Gasteiger partial charge is 0.632 e. The Balaban J connectivity index is 1.96. The third-order valence-electron chi connectivity index (χ3n) is 5.42. The zero-order chi connectivity index (χ0) is 18.4. The lowest BCUT2D eigenvalue weighted by molar-refractivity contribution is -0.877. The van der Waals surface area contributed by atoms with Crippen molar-refractivity contribution in [3.8, 4) is 0 Å². The van der Waals surface area contributed by atoms with Gasteiger partial charge in [0, 0.05) is 24.0 Å². The van der Waals surface area contributed by atoms with Crippen LogP contribution in [-0.2, 0) is 19.1 Å². The molecular formula is C18H23NO6. The number of hydroxylamine groups is 3. The molecule has 25 heavy (non-hydrogen) atoms.